The van der Waals surface area contributed by atoms with Crippen LogP contribution in [0.2, 0.25) is 0 Å². The van der Waals surface area contributed by atoms with Crippen LogP contribution >= 0.6 is 0 Å². The highest BCUT2D eigenvalue weighted by Gasteiger charge is 2.41. The summed E-state index contributed by atoms with van der Waals surface area (Å²) in [7, 11) is 3.14. The average Bonchev–Trinajstić information content (AvgIpc) is 3.00. The summed E-state index contributed by atoms with van der Waals surface area (Å²) in [5.41, 5.74) is 5.43. The van der Waals surface area contributed by atoms with Gasteiger partial charge >= 0.3 is 5.97 Å². The van der Waals surface area contributed by atoms with Gasteiger partial charge in [0.1, 0.15) is 13.2 Å². The molecule has 41 heavy (non-hydrogen) atoms. The van der Waals surface area contributed by atoms with Crippen molar-refractivity contribution in [1.82, 2.24) is 5.32 Å². The van der Waals surface area contributed by atoms with Crippen LogP contribution in [-0.4, -0.2) is 39.2 Å². The molecule has 2 aliphatic rings. The molecule has 0 saturated carbocycles. The van der Waals surface area contributed by atoms with Gasteiger partial charge in [-0.05, 0) is 48.1 Å². The first kappa shape index (κ1) is 28.2. The number of hydrogen-bond donors (Lipinski definition) is 1. The molecule has 1 aliphatic heterocycles. The summed E-state index contributed by atoms with van der Waals surface area (Å²) in [4.78, 5) is 27.3. The molecule has 7 nitrogen and oxygen atoms in total. The van der Waals surface area contributed by atoms with Crippen LogP contribution in [0.4, 0.5) is 0 Å². The second-order valence-corrected chi connectivity index (χ2v) is 10.2. The van der Waals surface area contributed by atoms with Crippen LogP contribution in [0.1, 0.15) is 48.3 Å². The van der Waals surface area contributed by atoms with E-state index in [9.17, 15) is 9.59 Å². The summed E-state index contributed by atoms with van der Waals surface area (Å²) >= 11 is 0. The third-order valence-corrected chi connectivity index (χ3v) is 7.60. The number of ether oxygens (including phenoxy) is 4. The third kappa shape index (κ3) is 6.20. The molecule has 1 N–H and O–H groups in total. The summed E-state index contributed by atoms with van der Waals surface area (Å²) in [6.45, 7) is 2.64. The number of benzene rings is 3. The molecule has 1 aliphatic carbocycles. The molecule has 0 aromatic heterocycles. The summed E-state index contributed by atoms with van der Waals surface area (Å²) in [5, 5.41) is 3.40. The summed E-state index contributed by atoms with van der Waals surface area (Å²) in [5.74, 6) is 0.0756. The van der Waals surface area contributed by atoms with E-state index in [2.05, 4.69) is 17.4 Å². The fourth-order valence-corrected chi connectivity index (χ4v) is 5.62. The van der Waals surface area contributed by atoms with Crippen LogP contribution in [-0.2, 0) is 25.7 Å². The van der Waals surface area contributed by atoms with Gasteiger partial charge in [-0.25, -0.2) is 4.79 Å². The van der Waals surface area contributed by atoms with Crippen LogP contribution in [0, 0.1) is 0 Å². The van der Waals surface area contributed by atoms with Crippen LogP contribution in [0.25, 0.3) is 0 Å². The maximum absolute atomic E-state index is 13.9. The van der Waals surface area contributed by atoms with E-state index in [-0.39, 0.29) is 24.9 Å². The Bertz CT molecular complexity index is 1460. The molecule has 0 radical (unpaired) electrons. The van der Waals surface area contributed by atoms with E-state index in [4.69, 9.17) is 18.9 Å². The van der Waals surface area contributed by atoms with Gasteiger partial charge in [0.05, 0.1) is 19.3 Å². The maximum atomic E-state index is 13.9. The smallest absolute Gasteiger partial charge is 0.336 e. The van der Waals surface area contributed by atoms with Gasteiger partial charge in [0.25, 0.3) is 0 Å². The molecule has 0 spiro atoms. The lowest BCUT2D eigenvalue weighted by Crippen LogP contribution is -2.36. The zero-order chi connectivity index (χ0) is 28.8. The Balaban J connectivity index is 1.52. The molecular formula is C34H35NO6. The molecule has 7 heteroatoms. The molecule has 1 heterocycles. The second-order valence-electron chi connectivity index (χ2n) is 10.2. The van der Waals surface area contributed by atoms with Crippen molar-refractivity contribution in [2.45, 2.75) is 38.2 Å². The number of methoxy groups -OCH3 is 2. The minimum Gasteiger partial charge on any atom is -0.493 e. The van der Waals surface area contributed by atoms with E-state index in [0.717, 1.165) is 22.4 Å². The number of carbonyl (C=O) groups is 2. The predicted molar refractivity (Wildman–Crippen MR) is 156 cm³/mol. The number of dihydropyridines is 1. The summed E-state index contributed by atoms with van der Waals surface area (Å²) in [6, 6.07) is 25.6. The fourth-order valence-electron chi connectivity index (χ4n) is 5.62. The van der Waals surface area contributed by atoms with Crippen molar-refractivity contribution >= 4 is 11.8 Å². The third-order valence-electron chi connectivity index (χ3n) is 7.60. The van der Waals surface area contributed by atoms with Crippen molar-refractivity contribution in [2.75, 3.05) is 27.4 Å². The predicted octanol–water partition coefficient (Wildman–Crippen LogP) is 5.83. The van der Waals surface area contributed by atoms with Crippen LogP contribution in [0.5, 0.6) is 11.5 Å². The molecular weight excluding hydrogens is 518 g/mol. The van der Waals surface area contributed by atoms with E-state index in [0.29, 0.717) is 47.8 Å². The van der Waals surface area contributed by atoms with Gasteiger partial charge < -0.3 is 24.3 Å². The quantitative estimate of drug-likeness (QED) is 0.250. The minimum absolute atomic E-state index is 0.00988. The van der Waals surface area contributed by atoms with Crippen molar-refractivity contribution in [2.24, 2.45) is 0 Å². The Kier molecular flexibility index (Phi) is 8.85. The molecule has 0 amide bonds. The largest absolute Gasteiger partial charge is 0.493 e. The van der Waals surface area contributed by atoms with Crippen molar-refractivity contribution in [3.05, 3.63) is 118 Å². The van der Waals surface area contributed by atoms with E-state index >= 15 is 0 Å². The number of Topliss-reactive ketones (excluding diaryl/α,β-unsaturated/α-hetero) is 1. The van der Waals surface area contributed by atoms with Crippen LogP contribution in [0.3, 0.4) is 0 Å². The number of carbonyl (C=O) groups excluding carboxylic acids is 2. The summed E-state index contributed by atoms with van der Waals surface area (Å²) in [6.07, 6.45) is 1.03. The molecule has 5 rings (SSSR count). The lowest BCUT2D eigenvalue weighted by Gasteiger charge is -2.36. The lowest BCUT2D eigenvalue weighted by atomic mass is 9.71. The first-order valence-electron chi connectivity index (χ1n) is 13.8. The molecule has 3 aromatic carbocycles. The first-order valence-corrected chi connectivity index (χ1v) is 13.8. The Morgan fingerprint density at radius 1 is 0.878 bits per heavy atom. The Hall–Kier alpha value is -4.36. The highest BCUT2D eigenvalue weighted by atomic mass is 16.6. The number of ketones is 1. The van der Waals surface area contributed by atoms with Gasteiger partial charge in [0, 0.05) is 36.4 Å². The van der Waals surface area contributed by atoms with Crippen molar-refractivity contribution in [1.29, 1.82) is 0 Å². The molecule has 0 bridgehead atoms. The van der Waals surface area contributed by atoms with E-state index in [1.165, 1.54) is 0 Å². The fraction of sp³-hybridized carbons (Fsp3) is 0.294. The zero-order valence-corrected chi connectivity index (χ0v) is 23.6. The lowest BCUT2D eigenvalue weighted by molar-refractivity contribution is -0.140. The first-order chi connectivity index (χ1) is 20.0. The molecule has 3 aromatic rings. The van der Waals surface area contributed by atoms with Gasteiger partial charge in [-0.15, -0.1) is 0 Å². The Morgan fingerprint density at radius 3 is 2.32 bits per heavy atom. The van der Waals surface area contributed by atoms with Gasteiger partial charge in [-0.3, -0.25) is 4.79 Å². The van der Waals surface area contributed by atoms with Crippen LogP contribution < -0.4 is 14.8 Å². The van der Waals surface area contributed by atoms with Gasteiger partial charge in [0.2, 0.25) is 0 Å². The van der Waals surface area contributed by atoms with E-state index < -0.39 is 11.9 Å². The van der Waals surface area contributed by atoms with E-state index in [1.807, 2.05) is 73.7 Å². The number of rotatable bonds is 10. The van der Waals surface area contributed by atoms with Crippen molar-refractivity contribution < 1.29 is 28.5 Å². The Labute approximate surface area is 240 Å². The second kappa shape index (κ2) is 12.9. The Morgan fingerprint density at radius 2 is 1.61 bits per heavy atom. The molecule has 2 atom stereocenters. The number of hydrogen-bond acceptors (Lipinski definition) is 7. The highest BCUT2D eigenvalue weighted by Crippen LogP contribution is 2.47. The highest BCUT2D eigenvalue weighted by molar-refractivity contribution is 6.04. The van der Waals surface area contributed by atoms with Gasteiger partial charge in [0.15, 0.2) is 17.3 Å². The van der Waals surface area contributed by atoms with E-state index in [1.54, 1.807) is 14.2 Å². The van der Waals surface area contributed by atoms with Crippen molar-refractivity contribution in [3.8, 4) is 11.5 Å². The van der Waals surface area contributed by atoms with Crippen LogP contribution in [0.15, 0.2) is 101 Å². The monoisotopic (exact) mass is 553 g/mol. The SMILES string of the molecule is COCCOC(=O)C1=C(C)NC2=C(C(=O)CC(c3ccccc3)C2)C1c1ccc(OCc2ccccc2)c(OC)c1. The minimum atomic E-state index is -0.609. The van der Waals surface area contributed by atoms with Gasteiger partial charge in [-0.2, -0.15) is 0 Å². The number of esters is 1. The number of allylic oxidation sites excluding steroid dienone is 3. The average molecular weight is 554 g/mol. The topological polar surface area (TPSA) is 83.1 Å². The maximum Gasteiger partial charge on any atom is 0.336 e. The standard InChI is InChI=1S/C34H35NO6/c1-22-31(34(37)40-17-16-38-2)32(33-27(35-22)18-26(19-28(33)36)24-12-8-5-9-13-24)25-14-15-29(30(20-25)39-3)41-21-23-10-6-4-7-11-23/h4-15,20,26,32,35H,16-19,21H2,1-3H3. The molecule has 0 saturated heterocycles. The normalized spacial score (nSPS) is 18.5. The summed E-state index contributed by atoms with van der Waals surface area (Å²) < 4.78 is 22.4. The molecule has 2 unspecified atom stereocenters. The number of nitrogens with one attached hydrogen (secondary N) is 1. The van der Waals surface area contributed by atoms with Crippen molar-refractivity contribution in [3.63, 3.8) is 0 Å². The zero-order valence-electron chi connectivity index (χ0n) is 23.6. The molecule has 0 fully saturated rings. The van der Waals surface area contributed by atoms with Gasteiger partial charge in [-0.1, -0.05) is 66.7 Å². The molecule has 212 valence electrons.